The molecule has 4 heterocycles. The van der Waals surface area contributed by atoms with E-state index in [1.165, 1.54) is 37.7 Å². The lowest BCUT2D eigenvalue weighted by Gasteiger charge is -2.38. The molecule has 3 saturated heterocycles. The van der Waals surface area contributed by atoms with Crippen LogP contribution in [0.2, 0.25) is 5.02 Å². The normalized spacial score (nSPS) is 21.9. The molecule has 36 heavy (non-hydrogen) atoms. The number of nitrogens with one attached hydrogen (secondary N) is 2. The van der Waals surface area contributed by atoms with E-state index in [0.29, 0.717) is 23.6 Å². The molecule has 3 aliphatic heterocycles. The predicted molar refractivity (Wildman–Crippen MR) is 152 cm³/mol. The maximum absolute atomic E-state index is 6.34. The van der Waals surface area contributed by atoms with E-state index in [4.69, 9.17) is 38.5 Å². The summed E-state index contributed by atoms with van der Waals surface area (Å²) in [6.45, 7) is 7.56. The summed E-state index contributed by atoms with van der Waals surface area (Å²) in [5.41, 5.74) is 1.14. The Balaban J connectivity index is 1.33. The molecule has 1 aromatic carbocycles. The predicted octanol–water partition coefficient (Wildman–Crippen LogP) is 5.14. The van der Waals surface area contributed by atoms with E-state index < -0.39 is 0 Å². The van der Waals surface area contributed by atoms with Crippen molar-refractivity contribution >= 4 is 46.5 Å². The Morgan fingerprint density at radius 2 is 1.83 bits per heavy atom. The van der Waals surface area contributed by atoms with Gasteiger partial charge in [-0.3, -0.25) is 0 Å². The van der Waals surface area contributed by atoms with Crippen molar-refractivity contribution in [3.8, 4) is 0 Å². The van der Waals surface area contributed by atoms with Crippen LogP contribution in [0.1, 0.15) is 57.4 Å². The van der Waals surface area contributed by atoms with Crippen LogP contribution < -0.4 is 20.4 Å². The zero-order valence-corrected chi connectivity index (χ0v) is 22.7. The summed E-state index contributed by atoms with van der Waals surface area (Å²) in [4.78, 5) is 14.6. The fourth-order valence-corrected chi connectivity index (χ4v) is 6.07. The molecule has 5 rings (SSSR count). The smallest absolute Gasteiger partial charge is 0.232 e. The molecule has 2 N–H and O–H groups in total. The Hall–Kier alpha value is -2.16. The third kappa shape index (κ3) is 5.87. The first-order chi connectivity index (χ1) is 17.5. The molecule has 0 bridgehead atoms. The highest BCUT2D eigenvalue weighted by atomic mass is 35.5. The Kier molecular flexibility index (Phi) is 8.13. The first-order valence-electron chi connectivity index (χ1n) is 13.3. The van der Waals surface area contributed by atoms with Gasteiger partial charge in [-0.15, -0.1) is 0 Å². The molecule has 0 unspecified atom stereocenters. The van der Waals surface area contributed by atoms with Gasteiger partial charge < -0.3 is 25.2 Å². The molecule has 9 heteroatoms. The average Bonchev–Trinajstić information content (AvgIpc) is 3.44. The van der Waals surface area contributed by atoms with Crippen LogP contribution in [0.15, 0.2) is 30.3 Å². The second kappa shape index (κ2) is 11.5. The van der Waals surface area contributed by atoms with E-state index in [1.807, 2.05) is 12.1 Å². The number of halogens is 1. The van der Waals surface area contributed by atoms with Gasteiger partial charge in [0.1, 0.15) is 11.6 Å². The van der Waals surface area contributed by atoms with Crippen molar-refractivity contribution in [2.24, 2.45) is 0 Å². The van der Waals surface area contributed by atoms with Gasteiger partial charge in [-0.25, -0.2) is 0 Å². The zero-order valence-electron chi connectivity index (χ0n) is 21.1. The Labute approximate surface area is 225 Å². The highest BCUT2D eigenvalue weighted by Crippen LogP contribution is 2.35. The molecule has 0 aliphatic carbocycles. The fraction of sp³-hybridized carbons (Fsp3) is 0.593. The monoisotopic (exact) mass is 528 g/mol. The number of nitrogens with zero attached hydrogens (tertiary/aromatic N) is 4. The molecule has 0 spiro atoms. The van der Waals surface area contributed by atoms with Crippen LogP contribution in [0.5, 0.6) is 0 Å². The fourth-order valence-electron chi connectivity index (χ4n) is 5.71. The maximum Gasteiger partial charge on any atom is 0.232 e. The van der Waals surface area contributed by atoms with Crippen molar-refractivity contribution in [3.63, 3.8) is 0 Å². The van der Waals surface area contributed by atoms with Gasteiger partial charge >= 0.3 is 0 Å². The van der Waals surface area contributed by atoms with Crippen LogP contribution in [0.4, 0.5) is 17.6 Å². The first kappa shape index (κ1) is 25.5. The minimum atomic E-state index is -0.0818. The van der Waals surface area contributed by atoms with Crippen molar-refractivity contribution in [2.75, 3.05) is 54.5 Å². The third-order valence-corrected chi connectivity index (χ3v) is 8.41. The van der Waals surface area contributed by atoms with Crippen LogP contribution in [0, 0.1) is 0 Å². The van der Waals surface area contributed by atoms with Gasteiger partial charge in [-0.2, -0.15) is 9.97 Å². The van der Waals surface area contributed by atoms with Crippen LogP contribution in [0.25, 0.3) is 0 Å². The minimum Gasteiger partial charge on any atom is -0.381 e. The van der Waals surface area contributed by atoms with E-state index in [1.54, 1.807) is 0 Å². The molecule has 194 valence electrons. The number of thiocarbonyl (C=S) groups is 1. The first-order valence-corrected chi connectivity index (χ1v) is 14.1. The van der Waals surface area contributed by atoms with Gasteiger partial charge in [0.15, 0.2) is 5.11 Å². The molecule has 7 nitrogen and oxygen atoms in total. The van der Waals surface area contributed by atoms with Crippen LogP contribution in [0.3, 0.4) is 0 Å². The number of piperidine rings is 1. The van der Waals surface area contributed by atoms with Crippen molar-refractivity contribution in [1.29, 1.82) is 0 Å². The van der Waals surface area contributed by atoms with E-state index in [9.17, 15) is 0 Å². The van der Waals surface area contributed by atoms with Crippen LogP contribution >= 0.6 is 23.8 Å². The molecule has 2 aromatic rings. The number of benzene rings is 1. The number of aromatic nitrogens is 2. The quantitative estimate of drug-likeness (QED) is 0.499. The second-order valence-electron chi connectivity index (χ2n) is 10.4. The minimum absolute atomic E-state index is 0.0818. The highest BCUT2D eigenvalue weighted by Gasteiger charge is 2.35. The number of hydrogen-bond acceptors (Lipinski definition) is 6. The van der Waals surface area contributed by atoms with Crippen molar-refractivity contribution in [2.45, 2.75) is 63.3 Å². The number of rotatable bonds is 6. The number of hydrogen-bond donors (Lipinski definition) is 2. The van der Waals surface area contributed by atoms with Crippen molar-refractivity contribution < 1.29 is 4.74 Å². The molecule has 1 aromatic heterocycles. The molecule has 3 aliphatic rings. The lowest BCUT2D eigenvalue weighted by molar-refractivity contribution is 0.0515. The summed E-state index contributed by atoms with van der Waals surface area (Å²) in [7, 11) is 0. The van der Waals surface area contributed by atoms with Crippen molar-refractivity contribution in [1.82, 2.24) is 15.3 Å². The molecular formula is C27H37ClN6OS. The summed E-state index contributed by atoms with van der Waals surface area (Å²) in [5, 5.41) is 8.07. The highest BCUT2D eigenvalue weighted by molar-refractivity contribution is 7.80. The van der Waals surface area contributed by atoms with E-state index >= 15 is 0 Å². The summed E-state index contributed by atoms with van der Waals surface area (Å²) in [6.07, 6.45) is 7.92. The van der Waals surface area contributed by atoms with Gasteiger partial charge in [-0.05, 0) is 81.8 Å². The van der Waals surface area contributed by atoms with Crippen LogP contribution in [-0.4, -0.2) is 60.5 Å². The molecule has 3 fully saturated rings. The molecule has 1 atom stereocenters. The number of ether oxygens (including phenoxy) is 1. The molecule has 0 amide bonds. The molecular weight excluding hydrogens is 492 g/mol. The summed E-state index contributed by atoms with van der Waals surface area (Å²) in [5.74, 6) is 2.54. The number of anilines is 3. The second-order valence-corrected chi connectivity index (χ2v) is 11.2. The van der Waals surface area contributed by atoms with Gasteiger partial charge in [0.2, 0.25) is 5.95 Å². The molecule has 0 radical (unpaired) electrons. The Morgan fingerprint density at radius 3 is 2.58 bits per heavy atom. The SMILES string of the molecule is C[C@@H]1CCCCN1c1cc(N2CCCC2)nc(NC(=S)NCC2(c3cccc(Cl)c3)CCOCC2)n1. The van der Waals surface area contributed by atoms with E-state index in [-0.39, 0.29) is 5.41 Å². The van der Waals surface area contributed by atoms with Gasteiger partial charge in [-0.1, -0.05) is 23.7 Å². The van der Waals surface area contributed by atoms with E-state index in [0.717, 1.165) is 62.3 Å². The van der Waals surface area contributed by atoms with Gasteiger partial charge in [0.05, 0.1) is 0 Å². The Bertz CT molecular complexity index is 1060. The summed E-state index contributed by atoms with van der Waals surface area (Å²) < 4.78 is 5.68. The van der Waals surface area contributed by atoms with Gasteiger partial charge in [0.25, 0.3) is 0 Å². The summed E-state index contributed by atoms with van der Waals surface area (Å²) in [6, 6.07) is 10.8. The topological polar surface area (TPSA) is 65.5 Å². The molecule has 0 saturated carbocycles. The Morgan fingerprint density at radius 1 is 1.08 bits per heavy atom. The largest absolute Gasteiger partial charge is 0.381 e. The average molecular weight is 529 g/mol. The lowest BCUT2D eigenvalue weighted by atomic mass is 9.74. The summed E-state index contributed by atoms with van der Waals surface area (Å²) >= 11 is 12.1. The maximum atomic E-state index is 6.34. The standard InChI is InChI=1S/C27H37ClN6OS/c1-20-7-2-3-14-34(20)24-18-23(33-12-4-5-13-33)30-25(31-24)32-26(36)29-19-27(10-15-35-16-11-27)21-8-6-9-22(28)17-21/h6,8-9,17-18,20H,2-5,7,10-16,19H2,1H3,(H2,29,30,31,32,36)/t20-/m1/s1. The lowest BCUT2D eigenvalue weighted by Crippen LogP contribution is -2.45. The van der Waals surface area contributed by atoms with Gasteiger partial charge in [0, 0.05) is 61.9 Å². The van der Waals surface area contributed by atoms with E-state index in [2.05, 4.69) is 45.6 Å². The van der Waals surface area contributed by atoms with Crippen LogP contribution in [-0.2, 0) is 10.2 Å². The third-order valence-electron chi connectivity index (χ3n) is 7.93. The zero-order chi connectivity index (χ0) is 25.0. The van der Waals surface area contributed by atoms with Crippen molar-refractivity contribution in [3.05, 3.63) is 40.9 Å².